The van der Waals surface area contributed by atoms with E-state index < -0.39 is 0 Å². The highest BCUT2D eigenvalue weighted by Crippen LogP contribution is 2.42. The number of carbonyl (C=O) groups is 1. The fourth-order valence-electron chi connectivity index (χ4n) is 4.03. The van der Waals surface area contributed by atoms with Gasteiger partial charge in [0.1, 0.15) is 5.75 Å². The molecule has 0 bridgehead atoms. The highest BCUT2D eigenvalue weighted by molar-refractivity contribution is 5.85. The number of halogens is 1. The first-order chi connectivity index (χ1) is 11.5. The van der Waals surface area contributed by atoms with Gasteiger partial charge in [-0.1, -0.05) is 18.2 Å². The minimum atomic E-state index is -0.176. The summed E-state index contributed by atoms with van der Waals surface area (Å²) < 4.78 is 5.60. The van der Waals surface area contributed by atoms with Crippen LogP contribution in [-0.4, -0.2) is 66.2 Å². The fourth-order valence-corrected chi connectivity index (χ4v) is 4.03. The van der Waals surface area contributed by atoms with E-state index in [2.05, 4.69) is 18.7 Å². The Kier molecular flexibility index (Phi) is 6.72. The first-order valence-corrected chi connectivity index (χ1v) is 8.84. The molecule has 6 heteroatoms. The van der Waals surface area contributed by atoms with Crippen LogP contribution in [0.5, 0.6) is 5.75 Å². The van der Waals surface area contributed by atoms with Crippen molar-refractivity contribution in [1.82, 2.24) is 9.80 Å². The van der Waals surface area contributed by atoms with Crippen LogP contribution in [-0.2, 0) is 4.79 Å². The van der Waals surface area contributed by atoms with Crippen LogP contribution in [0.15, 0.2) is 30.3 Å². The summed E-state index contributed by atoms with van der Waals surface area (Å²) in [5.74, 6) is 1.11. The van der Waals surface area contributed by atoms with Gasteiger partial charge in [-0.3, -0.25) is 4.79 Å². The maximum Gasteiger partial charge on any atom is 0.260 e. The van der Waals surface area contributed by atoms with Crippen molar-refractivity contribution in [2.75, 3.05) is 39.4 Å². The normalized spacial score (nSPS) is 26.2. The predicted molar refractivity (Wildman–Crippen MR) is 100 cm³/mol. The molecule has 2 atom stereocenters. The first kappa shape index (κ1) is 20.0. The van der Waals surface area contributed by atoms with E-state index in [0.717, 1.165) is 26.1 Å². The Morgan fingerprint density at radius 2 is 2.04 bits per heavy atom. The predicted octanol–water partition coefficient (Wildman–Crippen LogP) is 2.04. The average Bonchev–Trinajstić information content (AvgIpc) is 3.00. The van der Waals surface area contributed by atoms with Gasteiger partial charge in [0, 0.05) is 31.1 Å². The number of fused-ring (bicyclic) bond motifs is 1. The Labute approximate surface area is 156 Å². The smallest absolute Gasteiger partial charge is 0.260 e. The second-order valence-corrected chi connectivity index (χ2v) is 7.45. The molecule has 1 aromatic carbocycles. The number of ether oxygens (including phenoxy) is 1. The molecular weight excluding hydrogens is 340 g/mol. The molecule has 0 saturated carbocycles. The summed E-state index contributed by atoms with van der Waals surface area (Å²) in [7, 11) is 0. The van der Waals surface area contributed by atoms with Gasteiger partial charge in [-0.05, 0) is 44.9 Å². The Morgan fingerprint density at radius 3 is 2.68 bits per heavy atom. The average molecular weight is 369 g/mol. The van der Waals surface area contributed by atoms with E-state index >= 15 is 0 Å². The Hall–Kier alpha value is -1.30. The number of hydrogen-bond donors (Lipinski definition) is 1. The van der Waals surface area contributed by atoms with Gasteiger partial charge in [-0.25, -0.2) is 0 Å². The van der Waals surface area contributed by atoms with Crippen LogP contribution in [0.4, 0.5) is 0 Å². The van der Waals surface area contributed by atoms with Crippen molar-refractivity contribution in [1.29, 1.82) is 0 Å². The number of carbonyl (C=O) groups excluding carboxylic acids is 1. The summed E-state index contributed by atoms with van der Waals surface area (Å²) >= 11 is 0. The molecule has 25 heavy (non-hydrogen) atoms. The van der Waals surface area contributed by atoms with Crippen LogP contribution < -0.4 is 4.74 Å². The van der Waals surface area contributed by atoms with Crippen molar-refractivity contribution in [2.24, 2.45) is 11.3 Å². The van der Waals surface area contributed by atoms with E-state index in [-0.39, 0.29) is 36.9 Å². The number of likely N-dealkylation sites (tertiary alicyclic amines) is 2. The van der Waals surface area contributed by atoms with Gasteiger partial charge < -0.3 is 19.6 Å². The SMILES string of the molecule is CC(C)N1CC[C@@H]2CN(C(=O)COc3ccccc3)C[C@]2(CO)C1.Cl. The molecule has 2 heterocycles. The van der Waals surface area contributed by atoms with Crippen LogP contribution >= 0.6 is 12.4 Å². The summed E-state index contributed by atoms with van der Waals surface area (Å²) in [4.78, 5) is 16.8. The Balaban J connectivity index is 0.00000225. The Bertz CT molecular complexity index is 569. The number of nitrogens with zero attached hydrogens (tertiary/aromatic N) is 2. The molecule has 0 aliphatic carbocycles. The highest BCUT2D eigenvalue weighted by atomic mass is 35.5. The molecule has 1 aromatic rings. The molecule has 0 spiro atoms. The van der Waals surface area contributed by atoms with E-state index in [4.69, 9.17) is 4.74 Å². The molecule has 2 saturated heterocycles. The fraction of sp³-hybridized carbons (Fsp3) is 0.632. The van der Waals surface area contributed by atoms with E-state index in [0.29, 0.717) is 24.3 Å². The zero-order chi connectivity index (χ0) is 17.2. The summed E-state index contributed by atoms with van der Waals surface area (Å²) in [5.41, 5.74) is -0.176. The first-order valence-electron chi connectivity index (χ1n) is 8.84. The monoisotopic (exact) mass is 368 g/mol. The van der Waals surface area contributed by atoms with E-state index in [1.165, 1.54) is 0 Å². The number of rotatable bonds is 5. The van der Waals surface area contributed by atoms with Crippen LogP contribution in [0.2, 0.25) is 0 Å². The van der Waals surface area contributed by atoms with Crippen molar-refractivity contribution in [3.63, 3.8) is 0 Å². The van der Waals surface area contributed by atoms with Gasteiger partial charge in [-0.2, -0.15) is 0 Å². The number of para-hydroxylation sites is 1. The number of aliphatic hydroxyl groups is 1. The van der Waals surface area contributed by atoms with Crippen molar-refractivity contribution >= 4 is 18.3 Å². The van der Waals surface area contributed by atoms with Gasteiger partial charge in [0.2, 0.25) is 0 Å². The van der Waals surface area contributed by atoms with E-state index in [1.54, 1.807) is 0 Å². The second kappa shape index (κ2) is 8.39. The maximum absolute atomic E-state index is 12.5. The number of hydrogen-bond acceptors (Lipinski definition) is 4. The number of amides is 1. The van der Waals surface area contributed by atoms with Gasteiger partial charge >= 0.3 is 0 Å². The van der Waals surface area contributed by atoms with Gasteiger partial charge in [0.15, 0.2) is 6.61 Å². The van der Waals surface area contributed by atoms with Crippen LogP contribution in [0.25, 0.3) is 0 Å². The maximum atomic E-state index is 12.5. The third-order valence-corrected chi connectivity index (χ3v) is 5.60. The molecule has 5 nitrogen and oxygen atoms in total. The number of aliphatic hydroxyl groups excluding tert-OH is 1. The van der Waals surface area contributed by atoms with Crippen molar-refractivity contribution in [2.45, 2.75) is 26.3 Å². The molecule has 0 radical (unpaired) electrons. The molecule has 1 N–H and O–H groups in total. The standard InChI is InChI=1S/C19H28N2O3.ClH/c1-15(2)20-9-8-16-10-21(13-19(16,12-20)14-22)18(23)11-24-17-6-4-3-5-7-17;/h3-7,15-16,22H,8-14H2,1-2H3;1H/t16-,19+;/m1./s1. The molecule has 140 valence electrons. The second-order valence-electron chi connectivity index (χ2n) is 7.45. The summed E-state index contributed by atoms with van der Waals surface area (Å²) in [5, 5.41) is 10.1. The number of benzene rings is 1. The minimum Gasteiger partial charge on any atom is -0.484 e. The third kappa shape index (κ3) is 4.27. The molecule has 0 aromatic heterocycles. The molecule has 0 unspecified atom stereocenters. The summed E-state index contributed by atoms with van der Waals surface area (Å²) in [6, 6.07) is 9.89. The molecule has 2 fully saturated rings. The minimum absolute atomic E-state index is 0. The van der Waals surface area contributed by atoms with Crippen molar-refractivity contribution in [3.05, 3.63) is 30.3 Å². The summed E-state index contributed by atoms with van der Waals surface area (Å²) in [6.07, 6.45) is 1.04. The number of piperidine rings is 1. The lowest BCUT2D eigenvalue weighted by molar-refractivity contribution is -0.132. The highest BCUT2D eigenvalue weighted by Gasteiger charge is 2.50. The van der Waals surface area contributed by atoms with E-state index in [1.807, 2.05) is 35.2 Å². The van der Waals surface area contributed by atoms with Crippen molar-refractivity contribution in [3.8, 4) is 5.75 Å². The van der Waals surface area contributed by atoms with Gasteiger partial charge in [0.25, 0.3) is 5.91 Å². The molecule has 2 aliphatic heterocycles. The van der Waals surface area contributed by atoms with Gasteiger partial charge in [0.05, 0.1) is 6.61 Å². The molecular formula is C19H29ClN2O3. The molecule has 2 aliphatic rings. The summed E-state index contributed by atoms with van der Waals surface area (Å²) in [6.45, 7) is 7.88. The van der Waals surface area contributed by atoms with Gasteiger partial charge in [-0.15, -0.1) is 12.4 Å². The lowest BCUT2D eigenvalue weighted by Crippen LogP contribution is -2.52. The van der Waals surface area contributed by atoms with Crippen molar-refractivity contribution < 1.29 is 14.6 Å². The third-order valence-electron chi connectivity index (χ3n) is 5.60. The van der Waals surface area contributed by atoms with Crippen LogP contribution in [0.3, 0.4) is 0 Å². The van der Waals surface area contributed by atoms with E-state index in [9.17, 15) is 9.90 Å². The zero-order valence-corrected chi connectivity index (χ0v) is 15.9. The largest absolute Gasteiger partial charge is 0.484 e. The van der Waals surface area contributed by atoms with Crippen LogP contribution in [0, 0.1) is 11.3 Å². The quantitative estimate of drug-likeness (QED) is 0.864. The topological polar surface area (TPSA) is 53.0 Å². The lowest BCUT2D eigenvalue weighted by atomic mass is 9.73. The zero-order valence-electron chi connectivity index (χ0n) is 15.1. The lowest BCUT2D eigenvalue weighted by Gasteiger charge is -2.44. The Morgan fingerprint density at radius 1 is 1.32 bits per heavy atom. The molecule has 3 rings (SSSR count). The molecule has 1 amide bonds. The van der Waals surface area contributed by atoms with Crippen LogP contribution in [0.1, 0.15) is 20.3 Å².